The van der Waals surface area contributed by atoms with Crippen molar-refractivity contribution in [3.63, 3.8) is 0 Å². The van der Waals surface area contributed by atoms with E-state index in [0.717, 1.165) is 45.8 Å². The van der Waals surface area contributed by atoms with Crippen molar-refractivity contribution >= 4 is 22.6 Å². The number of nitrogens with zero attached hydrogens (tertiary/aromatic N) is 3. The predicted octanol–water partition coefficient (Wildman–Crippen LogP) is 5.06. The maximum absolute atomic E-state index is 13.0. The largest absolute Gasteiger partial charge is 0.324 e. The van der Waals surface area contributed by atoms with Crippen LogP contribution in [-0.4, -0.2) is 22.0 Å². The van der Waals surface area contributed by atoms with E-state index < -0.39 is 0 Å². The Morgan fingerprint density at radius 2 is 1.86 bits per heavy atom. The Morgan fingerprint density at radius 3 is 2.54 bits per heavy atom. The Hall–Kier alpha value is -2.88. The monoisotopic (exact) mass is 373 g/mol. The molecule has 1 aromatic heterocycles. The van der Waals surface area contributed by atoms with E-state index in [2.05, 4.69) is 50.1 Å². The highest BCUT2D eigenvalue weighted by molar-refractivity contribution is 5.98. The Morgan fingerprint density at radius 1 is 1.18 bits per heavy atom. The Kier molecular flexibility index (Phi) is 4.58. The molecule has 0 N–H and O–H groups in total. The molecule has 1 aliphatic heterocycles. The number of benzene rings is 2. The standard InChI is InChI=1S/C24H27N3O/c1-15(2)13-26-21-9-7-6-8-20(21)25-24(26)19-12-22(28)27(14-19)23-17(4)10-16(3)11-18(23)5/h6-11,19H,1,12-14H2,2-5H3/t19-/m1/s1. The van der Waals surface area contributed by atoms with Crippen LogP contribution in [0.1, 0.15) is 41.8 Å². The molecule has 1 atom stereocenters. The number of hydrogen-bond donors (Lipinski definition) is 0. The summed E-state index contributed by atoms with van der Waals surface area (Å²) in [6.45, 7) is 13.8. The maximum atomic E-state index is 13.0. The third-order valence-electron chi connectivity index (χ3n) is 5.51. The fourth-order valence-corrected chi connectivity index (χ4v) is 4.54. The number of fused-ring (bicyclic) bond motifs is 1. The Bertz CT molecular complexity index is 1070. The molecule has 3 aromatic rings. The van der Waals surface area contributed by atoms with Gasteiger partial charge in [0.2, 0.25) is 5.91 Å². The van der Waals surface area contributed by atoms with E-state index in [1.165, 1.54) is 5.56 Å². The number of aryl methyl sites for hydroxylation is 3. The highest BCUT2D eigenvalue weighted by Crippen LogP contribution is 2.36. The van der Waals surface area contributed by atoms with Crippen molar-refractivity contribution in [2.45, 2.75) is 46.6 Å². The molecule has 0 radical (unpaired) electrons. The molecule has 0 spiro atoms. The molecule has 1 amide bonds. The number of hydrogen-bond acceptors (Lipinski definition) is 2. The summed E-state index contributed by atoms with van der Waals surface area (Å²) in [5, 5.41) is 0. The number of carbonyl (C=O) groups excluding carboxylic acids is 1. The fourth-order valence-electron chi connectivity index (χ4n) is 4.54. The SMILES string of the molecule is C=C(C)Cn1c([C@@H]2CC(=O)N(c3c(C)cc(C)cc3C)C2)nc2ccccc21. The number of rotatable bonds is 4. The molecule has 144 valence electrons. The first kappa shape index (κ1) is 18.5. The van der Waals surface area contributed by atoms with Crippen molar-refractivity contribution < 1.29 is 4.79 Å². The van der Waals surface area contributed by atoms with Gasteiger partial charge in [0.15, 0.2) is 0 Å². The van der Waals surface area contributed by atoms with Crippen LogP contribution in [0.15, 0.2) is 48.6 Å². The average Bonchev–Trinajstić information content (AvgIpc) is 3.15. The lowest BCUT2D eigenvalue weighted by Crippen LogP contribution is -2.26. The Labute approximate surface area is 166 Å². The molecule has 2 heterocycles. The topological polar surface area (TPSA) is 38.1 Å². The van der Waals surface area contributed by atoms with Gasteiger partial charge in [-0.2, -0.15) is 0 Å². The highest BCUT2D eigenvalue weighted by atomic mass is 16.2. The number of amides is 1. The van der Waals surface area contributed by atoms with Gasteiger partial charge in [0, 0.05) is 31.1 Å². The summed E-state index contributed by atoms with van der Waals surface area (Å²) in [5.74, 6) is 1.25. The molecular weight excluding hydrogens is 346 g/mol. The van der Waals surface area contributed by atoms with Crippen LogP contribution in [0.3, 0.4) is 0 Å². The lowest BCUT2D eigenvalue weighted by atomic mass is 10.0. The van der Waals surface area contributed by atoms with Crippen molar-refractivity contribution in [1.29, 1.82) is 0 Å². The lowest BCUT2D eigenvalue weighted by molar-refractivity contribution is -0.117. The van der Waals surface area contributed by atoms with E-state index in [1.807, 2.05) is 30.0 Å². The number of allylic oxidation sites excluding steroid dienone is 1. The second-order valence-electron chi connectivity index (χ2n) is 8.15. The number of carbonyl (C=O) groups is 1. The van der Waals surface area contributed by atoms with E-state index in [1.54, 1.807) is 0 Å². The van der Waals surface area contributed by atoms with Gasteiger partial charge in [0.25, 0.3) is 0 Å². The number of para-hydroxylation sites is 2. The highest BCUT2D eigenvalue weighted by Gasteiger charge is 2.36. The van der Waals surface area contributed by atoms with Crippen molar-refractivity contribution in [2.24, 2.45) is 0 Å². The molecule has 0 aliphatic carbocycles. The zero-order chi connectivity index (χ0) is 20.0. The number of aromatic nitrogens is 2. The number of anilines is 1. The lowest BCUT2D eigenvalue weighted by Gasteiger charge is -2.22. The molecular formula is C24H27N3O. The molecule has 0 saturated carbocycles. The van der Waals surface area contributed by atoms with Gasteiger partial charge in [-0.25, -0.2) is 4.98 Å². The van der Waals surface area contributed by atoms with E-state index in [9.17, 15) is 4.79 Å². The van der Waals surface area contributed by atoms with E-state index in [4.69, 9.17) is 4.98 Å². The molecule has 4 nitrogen and oxygen atoms in total. The van der Waals surface area contributed by atoms with Gasteiger partial charge in [-0.05, 0) is 51.0 Å². The van der Waals surface area contributed by atoms with Crippen LogP contribution < -0.4 is 4.90 Å². The van der Waals surface area contributed by atoms with Crippen molar-refractivity contribution in [1.82, 2.24) is 9.55 Å². The summed E-state index contributed by atoms with van der Waals surface area (Å²) in [5.41, 5.74) is 7.76. The Balaban J connectivity index is 1.75. The fraction of sp³-hybridized carbons (Fsp3) is 0.333. The molecule has 1 aliphatic rings. The summed E-state index contributed by atoms with van der Waals surface area (Å²) in [6, 6.07) is 12.5. The summed E-state index contributed by atoms with van der Waals surface area (Å²) >= 11 is 0. The van der Waals surface area contributed by atoms with Gasteiger partial charge in [-0.15, -0.1) is 0 Å². The first-order valence-corrected chi connectivity index (χ1v) is 9.83. The van der Waals surface area contributed by atoms with Gasteiger partial charge in [-0.1, -0.05) is 42.0 Å². The van der Waals surface area contributed by atoms with Gasteiger partial charge < -0.3 is 9.47 Å². The zero-order valence-electron chi connectivity index (χ0n) is 17.1. The van der Waals surface area contributed by atoms with Crippen LogP contribution >= 0.6 is 0 Å². The van der Waals surface area contributed by atoms with Crippen LogP contribution in [0.25, 0.3) is 11.0 Å². The average molecular weight is 374 g/mol. The molecule has 2 aromatic carbocycles. The van der Waals surface area contributed by atoms with Crippen molar-refractivity contribution in [3.05, 3.63) is 71.1 Å². The van der Waals surface area contributed by atoms with E-state index in [0.29, 0.717) is 13.0 Å². The number of imidazole rings is 1. The molecule has 1 saturated heterocycles. The second-order valence-corrected chi connectivity index (χ2v) is 8.15. The van der Waals surface area contributed by atoms with Crippen LogP contribution in [0, 0.1) is 20.8 Å². The molecule has 1 fully saturated rings. The quantitative estimate of drug-likeness (QED) is 0.600. The van der Waals surface area contributed by atoms with Gasteiger partial charge in [-0.3, -0.25) is 4.79 Å². The summed E-state index contributed by atoms with van der Waals surface area (Å²) in [7, 11) is 0. The molecule has 0 bridgehead atoms. The normalized spacial score (nSPS) is 16.9. The molecule has 4 heteroatoms. The predicted molar refractivity (Wildman–Crippen MR) is 115 cm³/mol. The first-order valence-electron chi connectivity index (χ1n) is 9.83. The third-order valence-corrected chi connectivity index (χ3v) is 5.51. The van der Waals surface area contributed by atoms with Gasteiger partial charge >= 0.3 is 0 Å². The van der Waals surface area contributed by atoms with Crippen LogP contribution in [-0.2, 0) is 11.3 Å². The smallest absolute Gasteiger partial charge is 0.227 e. The van der Waals surface area contributed by atoms with Gasteiger partial charge in [0.05, 0.1) is 11.0 Å². The third kappa shape index (κ3) is 3.13. The minimum atomic E-state index is 0.0827. The van der Waals surface area contributed by atoms with E-state index in [-0.39, 0.29) is 11.8 Å². The van der Waals surface area contributed by atoms with Crippen LogP contribution in [0.4, 0.5) is 5.69 Å². The summed E-state index contributed by atoms with van der Waals surface area (Å²) in [4.78, 5) is 19.8. The second kappa shape index (κ2) is 6.93. The van der Waals surface area contributed by atoms with Crippen molar-refractivity contribution in [3.8, 4) is 0 Å². The molecule has 28 heavy (non-hydrogen) atoms. The van der Waals surface area contributed by atoms with E-state index >= 15 is 0 Å². The first-order chi connectivity index (χ1) is 13.3. The van der Waals surface area contributed by atoms with Crippen LogP contribution in [0.2, 0.25) is 0 Å². The minimum Gasteiger partial charge on any atom is -0.324 e. The van der Waals surface area contributed by atoms with Gasteiger partial charge in [0.1, 0.15) is 5.82 Å². The van der Waals surface area contributed by atoms with Crippen LogP contribution in [0.5, 0.6) is 0 Å². The summed E-state index contributed by atoms with van der Waals surface area (Å²) in [6.07, 6.45) is 0.492. The molecule has 0 unspecified atom stereocenters. The molecule has 4 rings (SSSR count). The minimum absolute atomic E-state index is 0.0827. The summed E-state index contributed by atoms with van der Waals surface area (Å²) < 4.78 is 2.23. The zero-order valence-corrected chi connectivity index (χ0v) is 17.1. The van der Waals surface area contributed by atoms with Crippen molar-refractivity contribution in [2.75, 3.05) is 11.4 Å². The maximum Gasteiger partial charge on any atom is 0.227 e.